The zero-order valence-corrected chi connectivity index (χ0v) is 25.9. The van der Waals surface area contributed by atoms with E-state index in [4.69, 9.17) is 19.3 Å². The highest BCUT2D eigenvalue weighted by molar-refractivity contribution is 6.62. The minimum absolute atomic E-state index is 0.418. The number of rotatable bonds is 5. The zero-order chi connectivity index (χ0) is 30.6. The molecule has 0 saturated carbocycles. The van der Waals surface area contributed by atoms with Crippen LogP contribution >= 0.6 is 0 Å². The Morgan fingerprint density at radius 3 is 2.23 bits per heavy atom. The van der Waals surface area contributed by atoms with Crippen molar-refractivity contribution in [1.29, 1.82) is 0 Å². The Hall–Kier alpha value is -4.58. The van der Waals surface area contributed by atoms with E-state index in [-0.39, 0.29) is 0 Å². The fraction of sp³-hybridized carbons (Fsp3) is 0.179. The first-order valence-electron chi connectivity index (χ1n) is 15.1. The molecule has 0 aliphatic carbocycles. The summed E-state index contributed by atoms with van der Waals surface area (Å²) in [5.74, 6) is 0. The summed E-state index contributed by atoms with van der Waals surface area (Å²) in [6.07, 6.45) is 5.83. The Balaban J connectivity index is 1.46. The SMILES string of the molecule is C=C/C=C\c1ccc(-c2ccc3ccc4c5cc(B6OC(C)(C)C(C)(C)O6)ccc5nc(-c5ccccc5)c4c3n2)cc1C. The summed E-state index contributed by atoms with van der Waals surface area (Å²) in [5, 5.41) is 4.26. The lowest BCUT2D eigenvalue weighted by Crippen LogP contribution is -2.41. The smallest absolute Gasteiger partial charge is 0.399 e. The van der Waals surface area contributed by atoms with Gasteiger partial charge in [0, 0.05) is 27.3 Å². The van der Waals surface area contributed by atoms with Gasteiger partial charge in [0.1, 0.15) is 0 Å². The molecule has 7 rings (SSSR count). The molecule has 5 heteroatoms. The molecule has 3 heterocycles. The van der Waals surface area contributed by atoms with Crippen LogP contribution in [0.25, 0.3) is 61.2 Å². The predicted molar refractivity (Wildman–Crippen MR) is 185 cm³/mol. The number of hydrogen-bond acceptors (Lipinski definition) is 4. The fourth-order valence-electron chi connectivity index (χ4n) is 5.98. The first kappa shape index (κ1) is 28.2. The molecule has 2 aromatic heterocycles. The van der Waals surface area contributed by atoms with Gasteiger partial charge in [-0.3, -0.25) is 0 Å². The van der Waals surface area contributed by atoms with Crippen LogP contribution in [0.2, 0.25) is 0 Å². The second-order valence-electron chi connectivity index (χ2n) is 12.6. The molecule has 6 aromatic rings. The number of benzene rings is 4. The van der Waals surface area contributed by atoms with Crippen LogP contribution in [0.15, 0.2) is 110 Å². The van der Waals surface area contributed by atoms with Gasteiger partial charge in [0.25, 0.3) is 0 Å². The highest BCUT2D eigenvalue weighted by atomic mass is 16.7. The van der Waals surface area contributed by atoms with E-state index in [9.17, 15) is 0 Å². The second kappa shape index (κ2) is 10.5. The van der Waals surface area contributed by atoms with Crippen LogP contribution in [0.3, 0.4) is 0 Å². The van der Waals surface area contributed by atoms with Crippen LogP contribution in [0.4, 0.5) is 0 Å². The third-order valence-corrected chi connectivity index (χ3v) is 9.19. The summed E-state index contributed by atoms with van der Waals surface area (Å²) < 4.78 is 12.8. The predicted octanol–water partition coefficient (Wildman–Crippen LogP) is 9.08. The third-order valence-electron chi connectivity index (χ3n) is 9.19. The molecular weight excluding hydrogens is 539 g/mol. The number of pyridine rings is 2. The Labute approximate surface area is 259 Å². The van der Waals surface area contributed by atoms with Gasteiger partial charge in [0.15, 0.2) is 0 Å². The van der Waals surface area contributed by atoms with Gasteiger partial charge in [-0.25, -0.2) is 9.97 Å². The molecule has 0 atom stereocenters. The van der Waals surface area contributed by atoms with E-state index in [2.05, 4.69) is 132 Å². The van der Waals surface area contributed by atoms with Gasteiger partial charge in [-0.1, -0.05) is 97.6 Å². The van der Waals surface area contributed by atoms with Crippen molar-refractivity contribution in [3.8, 4) is 22.5 Å². The molecule has 1 saturated heterocycles. The van der Waals surface area contributed by atoms with Crippen molar-refractivity contribution in [1.82, 2.24) is 9.97 Å². The van der Waals surface area contributed by atoms with E-state index in [1.165, 1.54) is 11.1 Å². The molecule has 0 radical (unpaired) electrons. The first-order chi connectivity index (χ1) is 21.1. The van der Waals surface area contributed by atoms with Crippen LogP contribution in [0.1, 0.15) is 38.8 Å². The van der Waals surface area contributed by atoms with Crippen molar-refractivity contribution in [3.63, 3.8) is 0 Å². The van der Waals surface area contributed by atoms with E-state index in [1.807, 2.05) is 12.1 Å². The van der Waals surface area contributed by atoms with Crippen LogP contribution in [-0.2, 0) is 9.31 Å². The molecule has 4 nitrogen and oxygen atoms in total. The molecule has 4 aromatic carbocycles. The molecule has 216 valence electrons. The van der Waals surface area contributed by atoms with E-state index in [0.29, 0.717) is 0 Å². The molecule has 1 fully saturated rings. The highest BCUT2D eigenvalue weighted by Gasteiger charge is 2.51. The zero-order valence-electron chi connectivity index (χ0n) is 25.9. The van der Waals surface area contributed by atoms with Gasteiger partial charge >= 0.3 is 7.12 Å². The lowest BCUT2D eigenvalue weighted by atomic mass is 9.78. The second-order valence-corrected chi connectivity index (χ2v) is 12.6. The summed E-state index contributed by atoms with van der Waals surface area (Å²) >= 11 is 0. The Morgan fingerprint density at radius 2 is 1.50 bits per heavy atom. The molecule has 0 N–H and O–H groups in total. The Bertz CT molecular complexity index is 2100. The Kier molecular flexibility index (Phi) is 6.76. The largest absolute Gasteiger partial charge is 0.494 e. The quantitative estimate of drug-likeness (QED) is 0.117. The lowest BCUT2D eigenvalue weighted by molar-refractivity contribution is 0.00578. The molecule has 0 spiro atoms. The molecule has 0 amide bonds. The van der Waals surface area contributed by atoms with E-state index < -0.39 is 18.3 Å². The fourth-order valence-corrected chi connectivity index (χ4v) is 5.98. The third kappa shape index (κ3) is 4.73. The summed E-state index contributed by atoms with van der Waals surface area (Å²) in [6.45, 7) is 14.3. The first-order valence-corrected chi connectivity index (χ1v) is 15.1. The van der Waals surface area contributed by atoms with E-state index in [1.54, 1.807) is 6.08 Å². The molecular formula is C39H35BN2O2. The van der Waals surface area contributed by atoms with Gasteiger partial charge < -0.3 is 9.31 Å². The number of allylic oxidation sites excluding steroid dienone is 2. The Morgan fingerprint density at radius 1 is 0.750 bits per heavy atom. The van der Waals surface area contributed by atoms with Crippen LogP contribution in [-0.4, -0.2) is 28.3 Å². The van der Waals surface area contributed by atoms with Crippen molar-refractivity contribution in [2.45, 2.75) is 45.8 Å². The van der Waals surface area contributed by atoms with Gasteiger partial charge in [-0.05, 0) is 74.8 Å². The normalized spacial score (nSPS) is 16.0. The van der Waals surface area contributed by atoms with Crippen LogP contribution in [0, 0.1) is 6.92 Å². The minimum atomic E-state index is -0.453. The molecule has 44 heavy (non-hydrogen) atoms. The summed E-state index contributed by atoms with van der Waals surface area (Å²) in [7, 11) is -0.453. The average molecular weight is 575 g/mol. The van der Waals surface area contributed by atoms with Crippen molar-refractivity contribution in [2.24, 2.45) is 0 Å². The minimum Gasteiger partial charge on any atom is -0.399 e. The molecule has 1 aliphatic rings. The van der Waals surface area contributed by atoms with Crippen molar-refractivity contribution in [2.75, 3.05) is 0 Å². The van der Waals surface area contributed by atoms with Crippen molar-refractivity contribution >= 4 is 51.2 Å². The lowest BCUT2D eigenvalue weighted by Gasteiger charge is -2.32. The topological polar surface area (TPSA) is 44.2 Å². The van der Waals surface area contributed by atoms with Crippen molar-refractivity contribution in [3.05, 3.63) is 121 Å². The van der Waals surface area contributed by atoms with Crippen LogP contribution < -0.4 is 5.46 Å². The number of aryl methyl sites for hydroxylation is 1. The maximum atomic E-state index is 6.41. The molecule has 0 unspecified atom stereocenters. The van der Waals surface area contributed by atoms with E-state index >= 15 is 0 Å². The van der Waals surface area contributed by atoms with Gasteiger partial charge in [0.05, 0.1) is 33.6 Å². The van der Waals surface area contributed by atoms with Gasteiger partial charge in [-0.15, -0.1) is 0 Å². The molecule has 1 aliphatic heterocycles. The number of hydrogen-bond donors (Lipinski definition) is 0. The maximum absolute atomic E-state index is 6.41. The van der Waals surface area contributed by atoms with Crippen molar-refractivity contribution < 1.29 is 9.31 Å². The van der Waals surface area contributed by atoms with Crippen LogP contribution in [0.5, 0.6) is 0 Å². The standard InChI is InChI=1S/C39H35BN2O2/c1-7-8-12-26-15-16-29(23-25(26)2)33-21-18-28-17-20-31-32-24-30(40-43-38(3,4)39(5,6)44-40)19-22-34(32)42-36(35(31)37(28)41-33)27-13-10-9-11-14-27/h7-24H,1H2,2-6H3/b12-8-. The van der Waals surface area contributed by atoms with E-state index in [0.717, 1.165) is 60.6 Å². The summed E-state index contributed by atoms with van der Waals surface area (Å²) in [6, 6.07) is 31.8. The van der Waals surface area contributed by atoms with Gasteiger partial charge in [0.2, 0.25) is 0 Å². The number of nitrogens with zero attached hydrogens (tertiary/aromatic N) is 2. The summed E-state index contributed by atoms with van der Waals surface area (Å²) in [4.78, 5) is 10.6. The monoisotopic (exact) mass is 574 g/mol. The highest BCUT2D eigenvalue weighted by Crippen LogP contribution is 2.39. The van der Waals surface area contributed by atoms with Gasteiger partial charge in [-0.2, -0.15) is 0 Å². The average Bonchev–Trinajstić information content (AvgIpc) is 3.25. The summed E-state index contributed by atoms with van der Waals surface area (Å²) in [5.41, 5.74) is 8.35. The molecule has 0 bridgehead atoms. The maximum Gasteiger partial charge on any atom is 0.494 e. The number of aromatic nitrogens is 2. The number of fused-ring (bicyclic) bond motifs is 5.